The molecule has 5 nitrogen and oxygen atoms in total. The van der Waals surface area contributed by atoms with Gasteiger partial charge >= 0.3 is 5.97 Å². The lowest BCUT2D eigenvalue weighted by molar-refractivity contribution is -0.155. The molecule has 0 aliphatic heterocycles. The Kier molecular flexibility index (Phi) is 6.80. The van der Waals surface area contributed by atoms with Gasteiger partial charge in [-0.05, 0) is 57.0 Å². The Morgan fingerprint density at radius 1 is 1.12 bits per heavy atom. The molecular formula is C20H22BrNO4. The number of nitrogens with one attached hydrogen (secondary N) is 1. The zero-order chi connectivity index (χ0) is 19.3. The van der Waals surface area contributed by atoms with Crippen LogP contribution in [0, 0.1) is 20.8 Å². The SMILES string of the molecule is Cc1cc(C)c(NC(=O)[C@H](C)OC(=O)COc2cccc(Br)c2)c(C)c1. The molecule has 0 aromatic heterocycles. The summed E-state index contributed by atoms with van der Waals surface area (Å²) in [7, 11) is 0. The third-order valence-electron chi connectivity index (χ3n) is 3.76. The highest BCUT2D eigenvalue weighted by Crippen LogP contribution is 2.22. The molecule has 0 bridgehead atoms. The Morgan fingerprint density at radius 3 is 2.38 bits per heavy atom. The van der Waals surface area contributed by atoms with Crippen LogP contribution in [0.25, 0.3) is 0 Å². The fourth-order valence-corrected chi connectivity index (χ4v) is 2.96. The van der Waals surface area contributed by atoms with Crippen molar-refractivity contribution in [3.05, 3.63) is 57.6 Å². The quantitative estimate of drug-likeness (QED) is 0.707. The van der Waals surface area contributed by atoms with Crippen LogP contribution in [0.5, 0.6) is 5.75 Å². The van der Waals surface area contributed by atoms with Crippen LogP contribution in [0.2, 0.25) is 0 Å². The second-order valence-corrected chi connectivity index (χ2v) is 7.06. The van der Waals surface area contributed by atoms with E-state index in [-0.39, 0.29) is 12.5 Å². The molecule has 0 spiro atoms. The van der Waals surface area contributed by atoms with Gasteiger partial charge in [0.1, 0.15) is 5.75 Å². The number of rotatable bonds is 6. The average molecular weight is 420 g/mol. The highest BCUT2D eigenvalue weighted by atomic mass is 79.9. The summed E-state index contributed by atoms with van der Waals surface area (Å²) in [6.45, 7) is 7.12. The highest BCUT2D eigenvalue weighted by molar-refractivity contribution is 9.10. The Morgan fingerprint density at radius 2 is 1.77 bits per heavy atom. The number of esters is 1. The number of aryl methyl sites for hydroxylation is 3. The van der Waals surface area contributed by atoms with E-state index in [1.165, 1.54) is 6.92 Å². The number of anilines is 1. The van der Waals surface area contributed by atoms with Crippen molar-refractivity contribution >= 4 is 33.5 Å². The molecular weight excluding hydrogens is 398 g/mol. The van der Waals surface area contributed by atoms with Crippen LogP contribution in [-0.4, -0.2) is 24.6 Å². The standard InChI is InChI=1S/C20H22BrNO4/c1-12-8-13(2)19(14(3)9-12)22-20(24)15(4)26-18(23)11-25-17-7-5-6-16(21)10-17/h5-10,15H,11H2,1-4H3,(H,22,24)/t15-/m0/s1. The van der Waals surface area contributed by atoms with Gasteiger partial charge in [0.15, 0.2) is 12.7 Å². The van der Waals surface area contributed by atoms with Crippen molar-refractivity contribution in [1.82, 2.24) is 0 Å². The normalized spacial score (nSPS) is 11.6. The summed E-state index contributed by atoms with van der Waals surface area (Å²) in [4.78, 5) is 24.2. The van der Waals surface area contributed by atoms with Crippen LogP contribution in [-0.2, 0) is 14.3 Å². The predicted octanol–water partition coefficient (Wildman–Crippen LogP) is 4.32. The van der Waals surface area contributed by atoms with Gasteiger partial charge in [0, 0.05) is 10.2 Å². The zero-order valence-electron chi connectivity index (χ0n) is 15.3. The number of amides is 1. The molecule has 26 heavy (non-hydrogen) atoms. The molecule has 0 heterocycles. The van der Waals surface area contributed by atoms with E-state index in [1.807, 2.05) is 39.0 Å². The summed E-state index contributed by atoms with van der Waals surface area (Å²) >= 11 is 3.33. The fourth-order valence-electron chi connectivity index (χ4n) is 2.59. The maximum Gasteiger partial charge on any atom is 0.344 e. The summed E-state index contributed by atoms with van der Waals surface area (Å²) in [6.07, 6.45) is -0.922. The topological polar surface area (TPSA) is 64.6 Å². The van der Waals surface area contributed by atoms with Gasteiger partial charge in [-0.3, -0.25) is 4.79 Å². The molecule has 6 heteroatoms. The monoisotopic (exact) mass is 419 g/mol. The van der Waals surface area contributed by atoms with Crippen molar-refractivity contribution < 1.29 is 19.1 Å². The van der Waals surface area contributed by atoms with Gasteiger partial charge in [-0.15, -0.1) is 0 Å². The summed E-state index contributed by atoms with van der Waals surface area (Å²) in [5.74, 6) is -0.444. The molecule has 0 fully saturated rings. The Hall–Kier alpha value is -2.34. The minimum absolute atomic E-state index is 0.267. The minimum atomic E-state index is -0.922. The predicted molar refractivity (Wildman–Crippen MR) is 104 cm³/mol. The molecule has 0 radical (unpaired) electrons. The number of ether oxygens (including phenoxy) is 2. The van der Waals surface area contributed by atoms with Gasteiger partial charge in [0.25, 0.3) is 5.91 Å². The first-order valence-corrected chi connectivity index (χ1v) is 9.02. The van der Waals surface area contributed by atoms with Gasteiger partial charge in [-0.25, -0.2) is 4.79 Å². The number of halogens is 1. The van der Waals surface area contributed by atoms with Crippen molar-refractivity contribution in [3.63, 3.8) is 0 Å². The van der Waals surface area contributed by atoms with E-state index in [9.17, 15) is 9.59 Å². The second-order valence-electron chi connectivity index (χ2n) is 6.14. The summed E-state index contributed by atoms with van der Waals surface area (Å²) in [5, 5.41) is 2.83. The van der Waals surface area contributed by atoms with E-state index in [4.69, 9.17) is 9.47 Å². The number of carbonyl (C=O) groups excluding carboxylic acids is 2. The third kappa shape index (κ3) is 5.59. The zero-order valence-corrected chi connectivity index (χ0v) is 16.8. The van der Waals surface area contributed by atoms with Crippen LogP contribution in [0.1, 0.15) is 23.6 Å². The molecule has 2 aromatic carbocycles. The fraction of sp³-hybridized carbons (Fsp3) is 0.300. The van der Waals surface area contributed by atoms with Crippen LogP contribution < -0.4 is 10.1 Å². The molecule has 1 amide bonds. The first-order chi connectivity index (χ1) is 12.3. The first-order valence-electron chi connectivity index (χ1n) is 8.23. The molecule has 0 saturated heterocycles. The van der Waals surface area contributed by atoms with Gasteiger partial charge in [-0.2, -0.15) is 0 Å². The molecule has 2 rings (SSSR count). The molecule has 0 unspecified atom stereocenters. The number of hydrogen-bond acceptors (Lipinski definition) is 4. The smallest absolute Gasteiger partial charge is 0.344 e. The molecule has 2 aromatic rings. The summed E-state index contributed by atoms with van der Waals surface area (Å²) in [6, 6.07) is 11.1. The van der Waals surface area contributed by atoms with E-state index < -0.39 is 12.1 Å². The summed E-state index contributed by atoms with van der Waals surface area (Å²) < 4.78 is 11.4. The van der Waals surface area contributed by atoms with E-state index in [1.54, 1.807) is 18.2 Å². The summed E-state index contributed by atoms with van der Waals surface area (Å²) in [5.41, 5.74) is 3.80. The molecule has 0 aliphatic carbocycles. The molecule has 1 atom stereocenters. The highest BCUT2D eigenvalue weighted by Gasteiger charge is 2.19. The van der Waals surface area contributed by atoms with Crippen molar-refractivity contribution in [3.8, 4) is 5.75 Å². The van der Waals surface area contributed by atoms with E-state index in [2.05, 4.69) is 21.2 Å². The van der Waals surface area contributed by atoms with Gasteiger partial charge < -0.3 is 14.8 Å². The van der Waals surface area contributed by atoms with Crippen molar-refractivity contribution in [1.29, 1.82) is 0 Å². The van der Waals surface area contributed by atoms with Crippen molar-refractivity contribution in [2.75, 3.05) is 11.9 Å². The Balaban J connectivity index is 1.89. The van der Waals surface area contributed by atoms with E-state index in [0.29, 0.717) is 5.75 Å². The maximum atomic E-state index is 12.3. The second kappa shape index (κ2) is 8.85. The minimum Gasteiger partial charge on any atom is -0.482 e. The lowest BCUT2D eigenvalue weighted by Crippen LogP contribution is -2.32. The van der Waals surface area contributed by atoms with Crippen LogP contribution in [0.4, 0.5) is 5.69 Å². The average Bonchev–Trinajstić information content (AvgIpc) is 2.56. The van der Waals surface area contributed by atoms with Gasteiger partial charge in [0.05, 0.1) is 0 Å². The molecule has 0 aliphatic rings. The van der Waals surface area contributed by atoms with Crippen molar-refractivity contribution in [2.45, 2.75) is 33.8 Å². The lowest BCUT2D eigenvalue weighted by Gasteiger charge is -2.17. The Labute approximate surface area is 161 Å². The number of hydrogen-bond donors (Lipinski definition) is 1. The van der Waals surface area contributed by atoms with Gasteiger partial charge in [-0.1, -0.05) is 39.7 Å². The van der Waals surface area contributed by atoms with Gasteiger partial charge in [0.2, 0.25) is 0 Å². The van der Waals surface area contributed by atoms with Crippen LogP contribution in [0.15, 0.2) is 40.9 Å². The molecule has 1 N–H and O–H groups in total. The number of carbonyl (C=O) groups is 2. The molecule has 0 saturated carbocycles. The van der Waals surface area contributed by atoms with Crippen molar-refractivity contribution in [2.24, 2.45) is 0 Å². The number of benzene rings is 2. The first kappa shape index (κ1) is 20.0. The molecule has 138 valence electrons. The van der Waals surface area contributed by atoms with E-state index in [0.717, 1.165) is 26.9 Å². The van der Waals surface area contributed by atoms with Crippen LogP contribution in [0.3, 0.4) is 0 Å². The lowest BCUT2D eigenvalue weighted by atomic mass is 10.0. The van der Waals surface area contributed by atoms with E-state index >= 15 is 0 Å². The third-order valence-corrected chi connectivity index (χ3v) is 4.25. The Bertz CT molecular complexity index is 796. The maximum absolute atomic E-state index is 12.3. The van der Waals surface area contributed by atoms with Crippen LogP contribution >= 0.6 is 15.9 Å². The largest absolute Gasteiger partial charge is 0.482 e.